The second-order valence-corrected chi connectivity index (χ2v) is 4.73. The van der Waals surface area contributed by atoms with Crippen molar-refractivity contribution in [3.8, 4) is 0 Å². The molecule has 21 heavy (non-hydrogen) atoms. The maximum Gasteiger partial charge on any atom is 0.296 e. The van der Waals surface area contributed by atoms with Gasteiger partial charge >= 0.3 is 0 Å². The molecule has 0 saturated carbocycles. The summed E-state index contributed by atoms with van der Waals surface area (Å²) in [5.41, 5.74) is 2.56. The summed E-state index contributed by atoms with van der Waals surface area (Å²) < 4.78 is 5.24. The maximum atomic E-state index is 10.9. The second-order valence-electron chi connectivity index (χ2n) is 4.73. The molecule has 0 spiro atoms. The molecule has 2 rings (SSSR count). The van der Waals surface area contributed by atoms with Crippen LogP contribution < -0.4 is 5.32 Å². The summed E-state index contributed by atoms with van der Waals surface area (Å²) in [6.07, 6.45) is -3.86. The minimum atomic E-state index is -1.54. The van der Waals surface area contributed by atoms with Crippen molar-refractivity contribution in [3.63, 3.8) is 0 Å². The van der Waals surface area contributed by atoms with Crippen molar-refractivity contribution in [2.24, 2.45) is 0 Å². The van der Waals surface area contributed by atoms with E-state index in [0.29, 0.717) is 0 Å². The fourth-order valence-electron chi connectivity index (χ4n) is 2.18. The van der Waals surface area contributed by atoms with Gasteiger partial charge in [-0.3, -0.25) is 10.1 Å². The van der Waals surface area contributed by atoms with Crippen molar-refractivity contribution in [1.29, 1.82) is 0 Å². The van der Waals surface area contributed by atoms with E-state index in [9.17, 15) is 25.4 Å². The van der Waals surface area contributed by atoms with Gasteiger partial charge < -0.3 is 30.5 Å². The molecule has 9 nitrogen and oxygen atoms in total. The SMILES string of the molecule is O=[N+]([O-])C1=C(N[C@H]2O[C@@H](CO)[C@H](O)[C@@H](O)[C@H]2O)CC=C=C1. The minimum Gasteiger partial charge on any atom is -0.394 e. The molecule has 0 aromatic carbocycles. The lowest BCUT2D eigenvalue weighted by Gasteiger charge is -2.40. The molecule has 0 aromatic heterocycles. The highest BCUT2D eigenvalue weighted by Gasteiger charge is 2.44. The van der Waals surface area contributed by atoms with E-state index < -0.39 is 42.2 Å². The standard InChI is InChI=1S/C12H16N2O7/c15-5-8-9(16)10(17)11(18)12(21-8)13-6-3-1-2-4-7(6)14(19)20/h1,4,8-13,15-18H,3,5H2/t8-,9-,10+,11+,12-/m0/s1. The predicted octanol–water partition coefficient (Wildman–Crippen LogP) is -2.02. The van der Waals surface area contributed by atoms with Crippen molar-refractivity contribution in [2.45, 2.75) is 37.1 Å². The average molecular weight is 300 g/mol. The molecule has 1 heterocycles. The van der Waals surface area contributed by atoms with Crippen LogP contribution in [-0.4, -0.2) is 62.6 Å². The van der Waals surface area contributed by atoms with Crippen LogP contribution in [0.4, 0.5) is 0 Å². The number of ether oxygens (including phenoxy) is 1. The topological polar surface area (TPSA) is 145 Å². The summed E-state index contributed by atoms with van der Waals surface area (Å²) in [6, 6.07) is 0. The van der Waals surface area contributed by atoms with Crippen molar-refractivity contribution < 1.29 is 30.1 Å². The van der Waals surface area contributed by atoms with E-state index in [2.05, 4.69) is 11.0 Å². The van der Waals surface area contributed by atoms with Crippen molar-refractivity contribution >= 4 is 0 Å². The van der Waals surface area contributed by atoms with Gasteiger partial charge in [-0.15, -0.1) is 5.73 Å². The third-order valence-corrected chi connectivity index (χ3v) is 3.36. The molecule has 116 valence electrons. The molecule has 5 atom stereocenters. The van der Waals surface area contributed by atoms with Crippen LogP contribution in [0.2, 0.25) is 0 Å². The van der Waals surface area contributed by atoms with Crippen LogP contribution in [0.1, 0.15) is 6.42 Å². The van der Waals surface area contributed by atoms with Gasteiger partial charge in [-0.1, -0.05) is 0 Å². The molecule has 0 bridgehead atoms. The smallest absolute Gasteiger partial charge is 0.296 e. The molecule has 0 radical (unpaired) electrons. The number of hydrogen-bond acceptors (Lipinski definition) is 8. The minimum absolute atomic E-state index is 0.182. The van der Waals surface area contributed by atoms with Gasteiger partial charge in [0.05, 0.1) is 23.3 Å². The van der Waals surface area contributed by atoms with Crippen molar-refractivity contribution in [2.75, 3.05) is 6.61 Å². The maximum absolute atomic E-state index is 10.9. The number of nitrogens with zero attached hydrogens (tertiary/aromatic N) is 1. The van der Waals surface area contributed by atoms with Gasteiger partial charge in [-0.05, 0) is 6.08 Å². The van der Waals surface area contributed by atoms with E-state index in [4.69, 9.17) is 9.84 Å². The Morgan fingerprint density at radius 2 is 2.10 bits per heavy atom. The van der Waals surface area contributed by atoms with Crippen LogP contribution in [0.15, 0.2) is 29.3 Å². The summed E-state index contributed by atoms with van der Waals surface area (Å²) in [5, 5.41) is 51.8. The van der Waals surface area contributed by atoms with E-state index in [1.807, 2.05) is 0 Å². The van der Waals surface area contributed by atoms with Crippen LogP contribution in [0.5, 0.6) is 0 Å². The first-order valence-electron chi connectivity index (χ1n) is 6.31. The Labute approximate surface area is 119 Å². The molecule has 9 heteroatoms. The van der Waals surface area contributed by atoms with Gasteiger partial charge in [0.1, 0.15) is 24.4 Å². The normalized spacial score (nSPS) is 35.9. The van der Waals surface area contributed by atoms with E-state index in [1.54, 1.807) is 6.08 Å². The summed E-state index contributed by atoms with van der Waals surface area (Å²) in [7, 11) is 0. The fourth-order valence-corrected chi connectivity index (χ4v) is 2.18. The van der Waals surface area contributed by atoms with E-state index in [-0.39, 0.29) is 17.8 Å². The number of nitro groups is 1. The van der Waals surface area contributed by atoms with Gasteiger partial charge in [0.2, 0.25) is 0 Å². The molecule has 0 unspecified atom stereocenters. The highest BCUT2D eigenvalue weighted by molar-refractivity contribution is 5.24. The first-order valence-corrected chi connectivity index (χ1v) is 6.31. The van der Waals surface area contributed by atoms with E-state index >= 15 is 0 Å². The molecular weight excluding hydrogens is 284 g/mol. The van der Waals surface area contributed by atoms with Gasteiger partial charge in [0.25, 0.3) is 5.70 Å². The molecular formula is C12H16N2O7. The van der Waals surface area contributed by atoms with Gasteiger partial charge in [0, 0.05) is 6.42 Å². The summed E-state index contributed by atoms with van der Waals surface area (Å²) in [5.74, 6) is 0. The van der Waals surface area contributed by atoms with Crippen molar-refractivity contribution in [3.05, 3.63) is 39.4 Å². The molecule has 1 saturated heterocycles. The number of hydrogen-bond donors (Lipinski definition) is 5. The lowest BCUT2D eigenvalue weighted by atomic mass is 9.98. The van der Waals surface area contributed by atoms with Gasteiger partial charge in [-0.2, -0.15) is 0 Å². The zero-order valence-electron chi connectivity index (χ0n) is 10.9. The third-order valence-electron chi connectivity index (χ3n) is 3.36. The van der Waals surface area contributed by atoms with Gasteiger partial charge in [-0.25, -0.2) is 0 Å². The molecule has 1 aliphatic carbocycles. The molecule has 1 aliphatic heterocycles. The largest absolute Gasteiger partial charge is 0.394 e. The Morgan fingerprint density at radius 3 is 2.71 bits per heavy atom. The molecule has 0 amide bonds. The first-order chi connectivity index (χ1) is 9.95. The zero-order chi connectivity index (χ0) is 15.6. The number of allylic oxidation sites excluding steroid dienone is 2. The molecule has 1 fully saturated rings. The number of nitrogens with one attached hydrogen (secondary N) is 1. The summed E-state index contributed by atoms with van der Waals surface area (Å²) in [6.45, 7) is -0.565. The predicted molar refractivity (Wildman–Crippen MR) is 68.2 cm³/mol. The molecule has 5 N–H and O–H groups in total. The van der Waals surface area contributed by atoms with E-state index in [1.165, 1.54) is 6.08 Å². The highest BCUT2D eigenvalue weighted by atomic mass is 16.6. The number of rotatable bonds is 4. The fraction of sp³-hybridized carbons (Fsp3) is 0.583. The van der Waals surface area contributed by atoms with Gasteiger partial charge in [0.15, 0.2) is 6.23 Å². The lowest BCUT2D eigenvalue weighted by Crippen LogP contribution is -2.62. The highest BCUT2D eigenvalue weighted by Crippen LogP contribution is 2.22. The van der Waals surface area contributed by atoms with Crippen LogP contribution in [-0.2, 0) is 4.74 Å². The summed E-state index contributed by atoms with van der Waals surface area (Å²) in [4.78, 5) is 10.3. The van der Waals surface area contributed by atoms with E-state index in [0.717, 1.165) is 0 Å². The number of aliphatic hydroxyl groups excluding tert-OH is 4. The zero-order valence-corrected chi connectivity index (χ0v) is 10.9. The Balaban J connectivity index is 2.18. The Kier molecular flexibility index (Phi) is 4.73. The molecule has 0 aromatic rings. The third kappa shape index (κ3) is 3.13. The molecule has 2 aliphatic rings. The average Bonchev–Trinajstić information content (AvgIpc) is 2.48. The van der Waals surface area contributed by atoms with Crippen molar-refractivity contribution in [1.82, 2.24) is 5.32 Å². The quantitative estimate of drug-likeness (QED) is 0.227. The van der Waals surface area contributed by atoms with Crippen LogP contribution >= 0.6 is 0 Å². The lowest BCUT2D eigenvalue weighted by molar-refractivity contribution is -0.420. The van der Waals surface area contributed by atoms with Crippen LogP contribution in [0.3, 0.4) is 0 Å². The summed E-state index contributed by atoms with van der Waals surface area (Å²) >= 11 is 0. The monoisotopic (exact) mass is 300 g/mol. The van der Waals surface area contributed by atoms with Crippen LogP contribution in [0, 0.1) is 10.1 Å². The second kappa shape index (κ2) is 6.35. The number of aliphatic hydroxyl groups is 4. The Morgan fingerprint density at radius 1 is 1.38 bits per heavy atom. The Bertz CT molecular complexity index is 510. The first kappa shape index (κ1) is 15.6. The Hall–Kier alpha value is -1.74. The van der Waals surface area contributed by atoms with Crippen LogP contribution in [0.25, 0.3) is 0 Å².